The molecule has 1 aliphatic heterocycles. The van der Waals surface area contributed by atoms with Gasteiger partial charge in [0.25, 0.3) is 5.91 Å². The first kappa shape index (κ1) is 19.8. The van der Waals surface area contributed by atoms with Gasteiger partial charge in [0.05, 0.1) is 22.7 Å². The van der Waals surface area contributed by atoms with E-state index in [1.54, 1.807) is 20.7 Å². The molecule has 4 rings (SSSR count). The minimum absolute atomic E-state index is 0.0297. The van der Waals surface area contributed by atoms with Crippen LogP contribution in [0, 0.1) is 3.82 Å². The highest BCUT2D eigenvalue weighted by Crippen LogP contribution is 2.53. The van der Waals surface area contributed by atoms with Crippen LogP contribution in [0.3, 0.4) is 0 Å². The molecule has 1 aliphatic rings. The predicted molar refractivity (Wildman–Crippen MR) is 124 cm³/mol. The van der Waals surface area contributed by atoms with Gasteiger partial charge in [0.15, 0.2) is 0 Å². The fraction of sp³-hybridized carbons (Fsp3) is 0.238. The zero-order chi connectivity index (χ0) is 20.1. The van der Waals surface area contributed by atoms with Crippen LogP contribution in [0.1, 0.15) is 36.0 Å². The number of benzene rings is 2. The van der Waals surface area contributed by atoms with Crippen molar-refractivity contribution in [2.75, 3.05) is 11.5 Å². The van der Waals surface area contributed by atoms with Gasteiger partial charge in [-0.3, -0.25) is 9.69 Å². The van der Waals surface area contributed by atoms with E-state index in [1.807, 2.05) is 54.3 Å². The van der Waals surface area contributed by atoms with Crippen LogP contribution in [0.15, 0.2) is 46.9 Å². The van der Waals surface area contributed by atoms with Crippen molar-refractivity contribution in [1.82, 2.24) is 0 Å². The molecule has 1 amide bonds. The second kappa shape index (κ2) is 7.37. The van der Waals surface area contributed by atoms with Gasteiger partial charge in [-0.1, -0.05) is 48.8 Å². The Labute approximate surface area is 185 Å². The topological polar surface area (TPSA) is 29.5 Å². The summed E-state index contributed by atoms with van der Waals surface area (Å²) >= 11 is 9.09. The van der Waals surface area contributed by atoms with E-state index in [0.29, 0.717) is 12.2 Å². The van der Waals surface area contributed by atoms with E-state index in [1.165, 1.54) is 0 Å². The van der Waals surface area contributed by atoms with E-state index in [4.69, 9.17) is 17.0 Å². The van der Waals surface area contributed by atoms with Crippen LogP contribution >= 0.6 is 48.8 Å². The SMILES string of the molecule is CCOc1ccc2c(c1)-c1c(ssc1=S)C(C)(C)N2C(=O)c1ccc(Br)cc1. The molecule has 3 aromatic rings. The number of carbonyl (C=O) groups excluding carboxylic acids is 1. The van der Waals surface area contributed by atoms with Crippen LogP contribution in [0.2, 0.25) is 0 Å². The highest BCUT2D eigenvalue weighted by atomic mass is 79.9. The molecule has 0 atom stereocenters. The van der Waals surface area contributed by atoms with Crippen molar-refractivity contribution in [3.8, 4) is 16.9 Å². The van der Waals surface area contributed by atoms with Gasteiger partial charge in [0, 0.05) is 21.2 Å². The lowest BCUT2D eigenvalue weighted by Gasteiger charge is -2.43. The lowest BCUT2D eigenvalue weighted by Crippen LogP contribution is -2.47. The molecule has 3 nitrogen and oxygen atoms in total. The normalized spacial score (nSPS) is 14.4. The van der Waals surface area contributed by atoms with Gasteiger partial charge in [-0.25, -0.2) is 0 Å². The summed E-state index contributed by atoms with van der Waals surface area (Å²) in [5.41, 5.74) is 3.04. The van der Waals surface area contributed by atoms with Crippen LogP contribution < -0.4 is 9.64 Å². The lowest BCUT2D eigenvalue weighted by atomic mass is 9.86. The van der Waals surface area contributed by atoms with Crippen molar-refractivity contribution >= 4 is 60.4 Å². The average Bonchev–Trinajstić information content (AvgIpc) is 3.06. The van der Waals surface area contributed by atoms with Crippen molar-refractivity contribution in [2.24, 2.45) is 0 Å². The second-order valence-electron chi connectivity index (χ2n) is 6.98. The number of hydrogen-bond donors (Lipinski definition) is 0. The Morgan fingerprint density at radius 1 is 1.18 bits per heavy atom. The van der Waals surface area contributed by atoms with Crippen LogP contribution in [0.4, 0.5) is 5.69 Å². The Bertz CT molecular complexity index is 1120. The van der Waals surface area contributed by atoms with E-state index in [9.17, 15) is 4.79 Å². The monoisotopic (exact) mass is 491 g/mol. The van der Waals surface area contributed by atoms with E-state index in [0.717, 1.165) is 35.7 Å². The van der Waals surface area contributed by atoms with Crippen molar-refractivity contribution in [2.45, 2.75) is 26.3 Å². The van der Waals surface area contributed by atoms with Gasteiger partial charge >= 0.3 is 0 Å². The molecule has 2 aromatic carbocycles. The molecular formula is C21H18BrNO2S3. The molecule has 0 N–H and O–H groups in total. The molecular weight excluding hydrogens is 474 g/mol. The Kier molecular flexibility index (Phi) is 5.20. The van der Waals surface area contributed by atoms with E-state index >= 15 is 0 Å². The summed E-state index contributed by atoms with van der Waals surface area (Å²) in [5, 5.41) is 0. The van der Waals surface area contributed by atoms with Crippen LogP contribution in [-0.2, 0) is 5.54 Å². The Balaban J connectivity index is 1.94. The number of fused-ring (bicyclic) bond motifs is 3. The summed E-state index contributed by atoms with van der Waals surface area (Å²) in [5.74, 6) is 0.756. The molecule has 0 aliphatic carbocycles. The smallest absolute Gasteiger partial charge is 0.259 e. The molecule has 0 radical (unpaired) electrons. The first-order chi connectivity index (χ1) is 13.3. The molecule has 28 heavy (non-hydrogen) atoms. The molecule has 7 heteroatoms. The molecule has 144 valence electrons. The second-order valence-corrected chi connectivity index (χ2v) is 10.7. The van der Waals surface area contributed by atoms with Crippen molar-refractivity contribution in [3.63, 3.8) is 0 Å². The summed E-state index contributed by atoms with van der Waals surface area (Å²) in [4.78, 5) is 16.6. The number of nitrogens with zero attached hydrogens (tertiary/aromatic N) is 1. The highest BCUT2D eigenvalue weighted by molar-refractivity contribution is 9.10. The summed E-state index contributed by atoms with van der Waals surface area (Å²) < 4.78 is 7.52. The number of halogens is 1. The average molecular weight is 492 g/mol. The van der Waals surface area contributed by atoms with Gasteiger partial charge in [-0.15, -0.1) is 0 Å². The number of hydrogen-bond acceptors (Lipinski definition) is 5. The summed E-state index contributed by atoms with van der Waals surface area (Å²) in [6.07, 6.45) is 0. The van der Waals surface area contributed by atoms with Crippen LogP contribution in [0.5, 0.6) is 5.75 Å². The largest absolute Gasteiger partial charge is 0.494 e. The Hall–Kier alpha value is -1.54. The third-order valence-corrected chi connectivity index (χ3v) is 8.69. The number of carbonyl (C=O) groups is 1. The Morgan fingerprint density at radius 2 is 1.89 bits per heavy atom. The standard InChI is InChI=1S/C21H18BrNO2S3/c1-4-25-14-9-10-16-15(11-14)17-18(27-28-20(17)26)21(2,3)23(16)19(24)12-5-7-13(22)8-6-12/h5-11H,4H2,1-3H3. The molecule has 0 spiro atoms. The molecule has 0 bridgehead atoms. The number of rotatable bonds is 3. The lowest BCUT2D eigenvalue weighted by molar-refractivity contribution is 0.0961. The van der Waals surface area contributed by atoms with Crippen LogP contribution in [-0.4, -0.2) is 12.5 Å². The molecule has 2 heterocycles. The van der Waals surface area contributed by atoms with Gasteiger partial charge in [0.1, 0.15) is 9.57 Å². The van der Waals surface area contributed by atoms with Crippen molar-refractivity contribution in [1.29, 1.82) is 0 Å². The Morgan fingerprint density at radius 3 is 2.57 bits per heavy atom. The zero-order valence-corrected chi connectivity index (χ0v) is 19.7. The number of amides is 1. The van der Waals surface area contributed by atoms with Gasteiger partial charge in [0.2, 0.25) is 0 Å². The summed E-state index contributed by atoms with van der Waals surface area (Å²) in [6, 6.07) is 13.4. The van der Waals surface area contributed by atoms with E-state index in [2.05, 4.69) is 29.8 Å². The van der Waals surface area contributed by atoms with Crippen LogP contribution in [0.25, 0.3) is 11.1 Å². The quantitative estimate of drug-likeness (QED) is 0.285. The minimum Gasteiger partial charge on any atom is -0.494 e. The maximum absolute atomic E-state index is 13.6. The molecule has 0 unspecified atom stereocenters. The van der Waals surface area contributed by atoms with E-state index in [-0.39, 0.29) is 5.91 Å². The predicted octanol–water partition coefficient (Wildman–Crippen LogP) is 7.26. The maximum Gasteiger partial charge on any atom is 0.259 e. The first-order valence-corrected chi connectivity index (χ1v) is 12.2. The third kappa shape index (κ3) is 3.14. The first-order valence-electron chi connectivity index (χ1n) is 8.85. The van der Waals surface area contributed by atoms with Gasteiger partial charge in [-0.05, 0) is 63.2 Å². The van der Waals surface area contributed by atoms with Gasteiger partial charge < -0.3 is 4.74 Å². The summed E-state index contributed by atoms with van der Waals surface area (Å²) in [7, 11) is 3.24. The van der Waals surface area contributed by atoms with Crippen molar-refractivity contribution in [3.05, 3.63) is 61.2 Å². The fourth-order valence-electron chi connectivity index (χ4n) is 3.55. The highest BCUT2D eigenvalue weighted by Gasteiger charge is 2.43. The van der Waals surface area contributed by atoms with Crippen molar-refractivity contribution < 1.29 is 9.53 Å². The van der Waals surface area contributed by atoms with E-state index < -0.39 is 5.54 Å². The molecule has 0 saturated carbocycles. The number of ether oxygens (including phenoxy) is 1. The minimum atomic E-state index is -0.502. The fourth-order valence-corrected chi connectivity index (χ4v) is 7.10. The molecule has 0 saturated heterocycles. The zero-order valence-electron chi connectivity index (χ0n) is 15.6. The summed E-state index contributed by atoms with van der Waals surface area (Å²) in [6.45, 7) is 6.72. The maximum atomic E-state index is 13.6. The molecule has 1 aromatic heterocycles. The third-order valence-electron chi connectivity index (χ3n) is 4.83. The number of anilines is 1. The molecule has 0 fully saturated rings. The van der Waals surface area contributed by atoms with Gasteiger partial charge in [-0.2, -0.15) is 0 Å².